The molecule has 0 aliphatic carbocycles. The fraction of sp³-hybridized carbons (Fsp3) is 0.333. The molecule has 1 N–H and O–H groups in total. The molecule has 0 bridgehead atoms. The topological polar surface area (TPSA) is 67.6 Å². The van der Waals surface area contributed by atoms with Crippen LogP contribution in [0.5, 0.6) is 0 Å². The van der Waals surface area contributed by atoms with E-state index in [0.717, 1.165) is 18.7 Å². The Labute approximate surface area is 131 Å². The van der Waals surface area contributed by atoms with E-state index in [1.165, 1.54) is 12.1 Å². The molecule has 0 radical (unpaired) electrons. The number of benzene rings is 1. The van der Waals surface area contributed by atoms with Crippen LogP contribution in [-0.2, 0) is 9.53 Å². The molecule has 1 saturated heterocycles. The second-order valence-electron chi connectivity index (χ2n) is 5.28. The smallest absolute Gasteiger partial charge is 0.257 e. The number of carbonyl (C=O) groups excluding carboxylic acids is 1. The van der Waals surface area contributed by atoms with Crippen LogP contribution < -0.4 is 5.32 Å². The number of amides is 1. The van der Waals surface area contributed by atoms with Gasteiger partial charge in [0.05, 0.1) is 12.2 Å². The molecular formula is C15H15F2N3O3. The Balaban J connectivity index is 1.73. The quantitative estimate of drug-likeness (QED) is 0.934. The van der Waals surface area contributed by atoms with Gasteiger partial charge in [-0.25, -0.2) is 8.78 Å². The second-order valence-corrected chi connectivity index (χ2v) is 5.28. The van der Waals surface area contributed by atoms with E-state index < -0.39 is 23.6 Å². The number of rotatable bonds is 3. The Morgan fingerprint density at radius 1 is 1.39 bits per heavy atom. The number of nitrogens with zero attached hydrogens (tertiary/aromatic N) is 2. The summed E-state index contributed by atoms with van der Waals surface area (Å²) in [6.07, 6.45) is -0.632. The molecule has 1 atom stereocenters. The molecule has 1 aromatic carbocycles. The standard InChI is InChI=1S/C15H15F2N3O3/c1-20-5-6-22-12(8-20)15(21)18-13-7-11(19-23-13)14-9(16)3-2-4-10(14)17/h2-4,7,12H,5-6,8H2,1H3,(H,18,21)/t12-/m1/s1. The minimum atomic E-state index is -0.756. The van der Waals surface area contributed by atoms with E-state index in [0.29, 0.717) is 13.2 Å². The highest BCUT2D eigenvalue weighted by Crippen LogP contribution is 2.27. The van der Waals surface area contributed by atoms with Crippen molar-refractivity contribution in [2.75, 3.05) is 32.1 Å². The van der Waals surface area contributed by atoms with E-state index in [2.05, 4.69) is 10.5 Å². The zero-order valence-corrected chi connectivity index (χ0v) is 12.4. The molecule has 0 spiro atoms. The van der Waals surface area contributed by atoms with Gasteiger partial charge >= 0.3 is 0 Å². The summed E-state index contributed by atoms with van der Waals surface area (Å²) >= 11 is 0. The fourth-order valence-corrected chi connectivity index (χ4v) is 2.33. The summed E-state index contributed by atoms with van der Waals surface area (Å²) in [7, 11) is 1.89. The Morgan fingerprint density at radius 3 is 2.83 bits per heavy atom. The molecule has 1 amide bonds. The van der Waals surface area contributed by atoms with Gasteiger partial charge < -0.3 is 14.2 Å². The molecule has 1 fully saturated rings. The van der Waals surface area contributed by atoms with Crippen molar-refractivity contribution in [2.45, 2.75) is 6.10 Å². The van der Waals surface area contributed by atoms with Crippen LogP contribution in [0.4, 0.5) is 14.7 Å². The van der Waals surface area contributed by atoms with Gasteiger partial charge in [0, 0.05) is 19.2 Å². The highest BCUT2D eigenvalue weighted by Gasteiger charge is 2.26. The Bertz CT molecular complexity index is 699. The summed E-state index contributed by atoms with van der Waals surface area (Å²) in [5.41, 5.74) is -0.331. The maximum absolute atomic E-state index is 13.7. The van der Waals surface area contributed by atoms with Crippen molar-refractivity contribution in [3.63, 3.8) is 0 Å². The van der Waals surface area contributed by atoms with Crippen LogP contribution in [0, 0.1) is 11.6 Å². The number of hydrogen-bond acceptors (Lipinski definition) is 5. The van der Waals surface area contributed by atoms with Crippen LogP contribution in [0.2, 0.25) is 0 Å². The molecule has 122 valence electrons. The molecule has 23 heavy (non-hydrogen) atoms. The molecule has 1 aliphatic heterocycles. The lowest BCUT2D eigenvalue weighted by Crippen LogP contribution is -2.46. The summed E-state index contributed by atoms with van der Waals surface area (Å²) in [6.45, 7) is 1.66. The fourth-order valence-electron chi connectivity index (χ4n) is 2.33. The van der Waals surface area contributed by atoms with Crippen molar-refractivity contribution >= 4 is 11.8 Å². The van der Waals surface area contributed by atoms with Gasteiger partial charge in [-0.15, -0.1) is 0 Å². The SMILES string of the molecule is CN1CCO[C@@H](C(=O)Nc2cc(-c3c(F)cccc3F)no2)C1. The van der Waals surface area contributed by atoms with Crippen molar-refractivity contribution in [3.05, 3.63) is 35.9 Å². The summed E-state index contributed by atoms with van der Waals surface area (Å²) in [5.74, 6) is -1.90. The van der Waals surface area contributed by atoms with E-state index in [1.807, 2.05) is 11.9 Å². The first-order valence-electron chi connectivity index (χ1n) is 7.06. The van der Waals surface area contributed by atoms with Crippen LogP contribution in [0.1, 0.15) is 0 Å². The molecule has 3 rings (SSSR count). The number of morpholine rings is 1. The molecular weight excluding hydrogens is 308 g/mol. The molecule has 1 aliphatic rings. The Hall–Kier alpha value is -2.32. The lowest BCUT2D eigenvalue weighted by molar-refractivity contribution is -0.132. The summed E-state index contributed by atoms with van der Waals surface area (Å²) in [6, 6.07) is 4.77. The third-order valence-electron chi connectivity index (χ3n) is 3.54. The monoisotopic (exact) mass is 323 g/mol. The predicted octanol–water partition coefficient (Wildman–Crippen LogP) is 1.89. The van der Waals surface area contributed by atoms with Gasteiger partial charge in [-0.3, -0.25) is 10.1 Å². The van der Waals surface area contributed by atoms with E-state index in [-0.39, 0.29) is 17.1 Å². The molecule has 8 heteroatoms. The van der Waals surface area contributed by atoms with E-state index >= 15 is 0 Å². The third kappa shape index (κ3) is 3.38. The highest BCUT2D eigenvalue weighted by molar-refractivity contribution is 5.93. The van der Waals surface area contributed by atoms with E-state index in [9.17, 15) is 13.6 Å². The number of ether oxygens (including phenoxy) is 1. The van der Waals surface area contributed by atoms with Crippen molar-refractivity contribution in [1.29, 1.82) is 0 Å². The third-order valence-corrected chi connectivity index (χ3v) is 3.54. The van der Waals surface area contributed by atoms with Crippen LogP contribution in [0.15, 0.2) is 28.8 Å². The minimum absolute atomic E-state index is 0.00415. The zero-order chi connectivity index (χ0) is 16.4. The number of hydrogen-bond donors (Lipinski definition) is 1. The average Bonchev–Trinajstić information content (AvgIpc) is 2.95. The maximum atomic E-state index is 13.7. The van der Waals surface area contributed by atoms with Crippen molar-refractivity contribution < 1.29 is 22.8 Å². The average molecular weight is 323 g/mol. The van der Waals surface area contributed by atoms with Crippen molar-refractivity contribution in [3.8, 4) is 11.3 Å². The number of carbonyl (C=O) groups is 1. The first-order chi connectivity index (χ1) is 11.0. The second kappa shape index (κ2) is 6.43. The predicted molar refractivity (Wildman–Crippen MR) is 77.7 cm³/mol. The number of aromatic nitrogens is 1. The van der Waals surface area contributed by atoms with Crippen LogP contribution >= 0.6 is 0 Å². The zero-order valence-electron chi connectivity index (χ0n) is 12.4. The first kappa shape index (κ1) is 15.6. The largest absolute Gasteiger partial charge is 0.366 e. The number of anilines is 1. The maximum Gasteiger partial charge on any atom is 0.257 e. The van der Waals surface area contributed by atoms with E-state index in [4.69, 9.17) is 9.26 Å². The van der Waals surface area contributed by atoms with Crippen LogP contribution in [0.3, 0.4) is 0 Å². The molecule has 0 saturated carbocycles. The van der Waals surface area contributed by atoms with Crippen LogP contribution in [-0.4, -0.2) is 48.8 Å². The van der Waals surface area contributed by atoms with E-state index in [1.54, 1.807) is 0 Å². The van der Waals surface area contributed by atoms with Gasteiger partial charge in [0.2, 0.25) is 5.88 Å². The highest BCUT2D eigenvalue weighted by atomic mass is 19.1. The van der Waals surface area contributed by atoms with Gasteiger partial charge in [-0.05, 0) is 19.2 Å². The van der Waals surface area contributed by atoms with Gasteiger partial charge in [0.15, 0.2) is 0 Å². The molecule has 2 aromatic rings. The van der Waals surface area contributed by atoms with Gasteiger partial charge in [-0.1, -0.05) is 11.2 Å². The summed E-state index contributed by atoms with van der Waals surface area (Å²) in [5, 5.41) is 6.10. The first-order valence-corrected chi connectivity index (χ1v) is 7.06. The van der Waals surface area contributed by atoms with Gasteiger partial charge in [0.25, 0.3) is 5.91 Å². The van der Waals surface area contributed by atoms with Crippen molar-refractivity contribution in [1.82, 2.24) is 10.1 Å². The summed E-state index contributed by atoms with van der Waals surface area (Å²) in [4.78, 5) is 14.1. The normalized spacial score (nSPS) is 18.8. The Morgan fingerprint density at radius 2 is 2.13 bits per heavy atom. The molecule has 2 heterocycles. The summed E-state index contributed by atoms with van der Waals surface area (Å²) < 4.78 is 37.7. The lowest BCUT2D eigenvalue weighted by Gasteiger charge is -2.28. The lowest BCUT2D eigenvalue weighted by atomic mass is 10.1. The molecule has 1 aromatic heterocycles. The van der Waals surface area contributed by atoms with Gasteiger partial charge in [-0.2, -0.15) is 0 Å². The minimum Gasteiger partial charge on any atom is -0.366 e. The number of nitrogens with one attached hydrogen (secondary N) is 1. The van der Waals surface area contributed by atoms with Gasteiger partial charge in [0.1, 0.15) is 23.4 Å². The Kier molecular flexibility index (Phi) is 4.35. The van der Waals surface area contributed by atoms with Crippen LogP contribution in [0.25, 0.3) is 11.3 Å². The van der Waals surface area contributed by atoms with Crippen molar-refractivity contribution in [2.24, 2.45) is 0 Å². The number of halogens is 2. The molecule has 6 nitrogen and oxygen atoms in total. The number of likely N-dealkylation sites (N-methyl/N-ethyl adjacent to an activating group) is 1. The molecule has 0 unspecified atom stereocenters.